The highest BCUT2D eigenvalue weighted by molar-refractivity contribution is 14.1. The molecular weight excluding hydrogens is 319 g/mol. The van der Waals surface area contributed by atoms with Crippen LogP contribution in [0.5, 0.6) is 0 Å². The summed E-state index contributed by atoms with van der Waals surface area (Å²) in [5.41, 5.74) is 2.51. The zero-order valence-electron chi connectivity index (χ0n) is 7.96. The monoisotopic (exact) mass is 324 g/mol. The van der Waals surface area contributed by atoms with Gasteiger partial charge in [0.05, 0.1) is 11.0 Å². The Morgan fingerprint density at radius 2 is 1.88 bits per heavy atom. The molecule has 0 radical (unpaired) electrons. The van der Waals surface area contributed by atoms with Crippen LogP contribution < -0.4 is 0 Å². The van der Waals surface area contributed by atoms with Crippen LogP contribution >= 0.6 is 22.6 Å². The quantitative estimate of drug-likeness (QED) is 0.643. The molecule has 16 heavy (non-hydrogen) atoms. The van der Waals surface area contributed by atoms with Gasteiger partial charge in [0, 0.05) is 40.5 Å². The third-order valence-electron chi connectivity index (χ3n) is 2.12. The van der Waals surface area contributed by atoms with Gasteiger partial charge < -0.3 is 4.52 Å². The predicted molar refractivity (Wildman–Crippen MR) is 65.5 cm³/mol. The lowest BCUT2D eigenvalue weighted by molar-refractivity contribution is 0.426. The van der Waals surface area contributed by atoms with Gasteiger partial charge in [0.1, 0.15) is 0 Å². The maximum Gasteiger partial charge on any atom is 0.258 e. The first-order valence-electron chi connectivity index (χ1n) is 4.53. The van der Waals surface area contributed by atoms with Gasteiger partial charge in [0.25, 0.3) is 5.89 Å². The molecule has 0 spiro atoms. The number of hydrogen-bond donors (Lipinski definition) is 0. The molecule has 0 saturated carbocycles. The second-order valence-corrected chi connectivity index (χ2v) is 4.09. The second kappa shape index (κ2) is 3.78. The molecule has 0 aliphatic rings. The van der Waals surface area contributed by atoms with Crippen molar-refractivity contribution in [2.24, 2.45) is 0 Å². The van der Waals surface area contributed by atoms with Gasteiger partial charge >= 0.3 is 0 Å². The van der Waals surface area contributed by atoms with Crippen LogP contribution in [0.2, 0.25) is 0 Å². The summed E-state index contributed by atoms with van der Waals surface area (Å²) in [5.74, 6) is 0.497. The van der Waals surface area contributed by atoms with Crippen molar-refractivity contribution in [2.45, 2.75) is 0 Å². The standard InChI is InChI=1S/C10H5IN4O/c11-10-14-9(16-15-10)6-1-2-7-8(5-6)13-4-3-12-7/h1-5H. The lowest BCUT2D eigenvalue weighted by atomic mass is 10.2. The number of benzene rings is 1. The molecule has 0 bridgehead atoms. The van der Waals surface area contributed by atoms with Crippen molar-refractivity contribution in [2.75, 3.05) is 0 Å². The van der Waals surface area contributed by atoms with Crippen LogP contribution in [-0.2, 0) is 0 Å². The van der Waals surface area contributed by atoms with E-state index in [2.05, 4.69) is 20.1 Å². The SMILES string of the molecule is Ic1noc(-c2ccc3nccnc3c2)n1. The molecule has 0 atom stereocenters. The van der Waals surface area contributed by atoms with E-state index in [1.807, 2.05) is 40.8 Å². The van der Waals surface area contributed by atoms with E-state index in [1.165, 1.54) is 0 Å². The van der Waals surface area contributed by atoms with E-state index in [0.717, 1.165) is 16.6 Å². The molecule has 6 heteroatoms. The average Bonchev–Trinajstić information content (AvgIpc) is 2.75. The molecule has 0 N–H and O–H groups in total. The van der Waals surface area contributed by atoms with E-state index >= 15 is 0 Å². The largest absolute Gasteiger partial charge is 0.333 e. The predicted octanol–water partition coefficient (Wildman–Crippen LogP) is 2.28. The topological polar surface area (TPSA) is 64.7 Å². The second-order valence-electron chi connectivity index (χ2n) is 3.13. The van der Waals surface area contributed by atoms with Gasteiger partial charge in [-0.25, -0.2) is 0 Å². The zero-order valence-corrected chi connectivity index (χ0v) is 10.1. The highest BCUT2D eigenvalue weighted by Gasteiger charge is 2.07. The molecule has 2 heterocycles. The van der Waals surface area contributed by atoms with Gasteiger partial charge in [0.2, 0.25) is 3.83 Å². The number of aromatic nitrogens is 4. The third-order valence-corrected chi connectivity index (χ3v) is 2.56. The van der Waals surface area contributed by atoms with Crippen molar-refractivity contribution in [3.8, 4) is 11.5 Å². The fourth-order valence-corrected chi connectivity index (χ4v) is 1.74. The number of nitrogens with zero attached hydrogens (tertiary/aromatic N) is 4. The highest BCUT2D eigenvalue weighted by atomic mass is 127. The van der Waals surface area contributed by atoms with Gasteiger partial charge in [-0.15, -0.1) is 0 Å². The van der Waals surface area contributed by atoms with Crippen LogP contribution in [0.1, 0.15) is 0 Å². The summed E-state index contributed by atoms with van der Waals surface area (Å²) in [5, 5.41) is 3.74. The molecule has 3 aromatic rings. The van der Waals surface area contributed by atoms with E-state index in [1.54, 1.807) is 12.4 Å². The van der Waals surface area contributed by atoms with Gasteiger partial charge in [-0.2, -0.15) is 4.98 Å². The minimum Gasteiger partial charge on any atom is -0.333 e. The lowest BCUT2D eigenvalue weighted by Crippen LogP contribution is -1.84. The molecule has 5 nitrogen and oxygen atoms in total. The van der Waals surface area contributed by atoms with Gasteiger partial charge in [-0.3, -0.25) is 9.97 Å². The van der Waals surface area contributed by atoms with Crippen LogP contribution in [0.15, 0.2) is 35.1 Å². The molecule has 2 aromatic heterocycles. The van der Waals surface area contributed by atoms with Crippen molar-refractivity contribution in [3.05, 3.63) is 34.4 Å². The van der Waals surface area contributed by atoms with E-state index in [4.69, 9.17) is 4.52 Å². The van der Waals surface area contributed by atoms with Crippen molar-refractivity contribution < 1.29 is 4.52 Å². The van der Waals surface area contributed by atoms with E-state index < -0.39 is 0 Å². The Bertz CT molecular complexity index is 652. The Morgan fingerprint density at radius 1 is 1.06 bits per heavy atom. The number of hydrogen-bond acceptors (Lipinski definition) is 5. The minimum atomic E-state index is 0.497. The molecule has 0 unspecified atom stereocenters. The zero-order chi connectivity index (χ0) is 11.0. The summed E-state index contributed by atoms with van der Waals surface area (Å²) in [7, 11) is 0. The van der Waals surface area contributed by atoms with Crippen LogP contribution in [0.3, 0.4) is 0 Å². The molecule has 0 aliphatic carbocycles. The minimum absolute atomic E-state index is 0.497. The maximum atomic E-state index is 5.08. The van der Waals surface area contributed by atoms with Crippen LogP contribution in [0.25, 0.3) is 22.5 Å². The first-order valence-corrected chi connectivity index (χ1v) is 5.61. The number of halogens is 1. The molecule has 78 valence electrons. The maximum absolute atomic E-state index is 5.08. The van der Waals surface area contributed by atoms with Crippen LogP contribution in [-0.4, -0.2) is 20.1 Å². The Kier molecular flexibility index (Phi) is 2.28. The van der Waals surface area contributed by atoms with Gasteiger partial charge in [-0.05, 0) is 18.2 Å². The number of fused-ring (bicyclic) bond motifs is 1. The Balaban J connectivity index is 2.18. The molecule has 1 aromatic carbocycles. The van der Waals surface area contributed by atoms with E-state index in [0.29, 0.717) is 9.72 Å². The van der Waals surface area contributed by atoms with Gasteiger partial charge in [0.15, 0.2) is 0 Å². The summed E-state index contributed by atoms with van der Waals surface area (Å²) >= 11 is 2.00. The first-order chi connectivity index (χ1) is 7.83. The van der Waals surface area contributed by atoms with Crippen molar-refractivity contribution in [1.82, 2.24) is 20.1 Å². The first kappa shape index (κ1) is 9.64. The molecule has 0 aliphatic heterocycles. The van der Waals surface area contributed by atoms with Crippen molar-refractivity contribution >= 4 is 33.6 Å². The summed E-state index contributed by atoms with van der Waals surface area (Å²) in [4.78, 5) is 12.6. The Labute approximate surface area is 104 Å². The fourth-order valence-electron chi connectivity index (χ4n) is 1.42. The third kappa shape index (κ3) is 1.64. The summed E-state index contributed by atoms with van der Waals surface area (Å²) in [6, 6.07) is 5.65. The summed E-state index contributed by atoms with van der Waals surface area (Å²) in [6.07, 6.45) is 3.32. The van der Waals surface area contributed by atoms with E-state index in [9.17, 15) is 0 Å². The molecule has 0 amide bonds. The summed E-state index contributed by atoms with van der Waals surface area (Å²) < 4.78 is 5.67. The van der Waals surface area contributed by atoms with Gasteiger partial charge in [-0.1, -0.05) is 5.16 Å². The van der Waals surface area contributed by atoms with Crippen LogP contribution in [0.4, 0.5) is 0 Å². The number of rotatable bonds is 1. The smallest absolute Gasteiger partial charge is 0.258 e. The highest BCUT2D eigenvalue weighted by Crippen LogP contribution is 2.20. The normalized spacial score (nSPS) is 10.8. The fraction of sp³-hybridized carbons (Fsp3) is 0. The Hall–Kier alpha value is -1.57. The average molecular weight is 324 g/mol. The van der Waals surface area contributed by atoms with E-state index in [-0.39, 0.29) is 0 Å². The van der Waals surface area contributed by atoms with Crippen molar-refractivity contribution in [1.29, 1.82) is 0 Å². The summed E-state index contributed by atoms with van der Waals surface area (Å²) in [6.45, 7) is 0. The Morgan fingerprint density at radius 3 is 2.62 bits per heavy atom. The molecule has 0 fully saturated rings. The molecule has 3 rings (SSSR count). The molecular formula is C10H5IN4O. The lowest BCUT2D eigenvalue weighted by Gasteiger charge is -1.97. The van der Waals surface area contributed by atoms with Crippen molar-refractivity contribution in [3.63, 3.8) is 0 Å². The molecule has 0 saturated heterocycles. The van der Waals surface area contributed by atoms with Crippen LogP contribution in [0, 0.1) is 3.83 Å².